The van der Waals surface area contributed by atoms with Gasteiger partial charge in [0.15, 0.2) is 5.65 Å². The first-order valence-electron chi connectivity index (χ1n) is 8.37. The number of pyridine rings is 1. The van der Waals surface area contributed by atoms with Crippen LogP contribution in [0.15, 0.2) is 61.2 Å². The van der Waals surface area contributed by atoms with Crippen molar-refractivity contribution in [1.29, 1.82) is 0 Å². The molecule has 126 valence electrons. The Labute approximate surface area is 146 Å². The number of fused-ring (bicyclic) bond motifs is 1. The number of anilines is 1. The van der Waals surface area contributed by atoms with E-state index in [1.807, 2.05) is 64.5 Å². The summed E-state index contributed by atoms with van der Waals surface area (Å²) in [5.41, 5.74) is 4.06. The van der Waals surface area contributed by atoms with Gasteiger partial charge in [0.05, 0.1) is 30.0 Å². The van der Waals surface area contributed by atoms with Gasteiger partial charge in [-0.05, 0) is 37.6 Å². The summed E-state index contributed by atoms with van der Waals surface area (Å²) in [5, 5.41) is 13.3. The number of nitrogens with zero attached hydrogens (tertiary/aromatic N) is 5. The van der Waals surface area contributed by atoms with E-state index >= 15 is 0 Å². The predicted molar refractivity (Wildman–Crippen MR) is 98.8 cm³/mol. The lowest BCUT2D eigenvalue weighted by molar-refractivity contribution is 0.546. The fraction of sp³-hybridized carbons (Fsp3) is 0.211. The van der Waals surface area contributed by atoms with Crippen LogP contribution in [0.2, 0.25) is 0 Å². The van der Waals surface area contributed by atoms with Crippen molar-refractivity contribution >= 4 is 16.7 Å². The molecule has 0 saturated heterocycles. The van der Waals surface area contributed by atoms with Crippen LogP contribution in [-0.4, -0.2) is 24.5 Å². The van der Waals surface area contributed by atoms with Crippen LogP contribution in [0.5, 0.6) is 0 Å². The van der Waals surface area contributed by atoms with Crippen molar-refractivity contribution in [3.63, 3.8) is 0 Å². The maximum absolute atomic E-state index is 4.57. The van der Waals surface area contributed by atoms with Gasteiger partial charge < -0.3 is 5.32 Å². The largest absolute Gasteiger partial charge is 0.378 e. The Bertz CT molecular complexity index is 984. The molecule has 4 rings (SSSR count). The molecule has 0 aliphatic carbocycles. The van der Waals surface area contributed by atoms with E-state index in [2.05, 4.69) is 40.4 Å². The Morgan fingerprint density at radius 2 is 1.88 bits per heavy atom. The van der Waals surface area contributed by atoms with Gasteiger partial charge in [-0.25, -0.2) is 14.3 Å². The molecule has 0 atom stereocenters. The Morgan fingerprint density at radius 1 is 1.04 bits per heavy atom. The Kier molecular flexibility index (Phi) is 3.93. The average Bonchev–Trinajstić information content (AvgIpc) is 3.27. The van der Waals surface area contributed by atoms with Crippen molar-refractivity contribution in [3.8, 4) is 5.69 Å². The first kappa shape index (κ1) is 15.4. The van der Waals surface area contributed by atoms with Crippen LogP contribution in [0.25, 0.3) is 16.7 Å². The summed E-state index contributed by atoms with van der Waals surface area (Å²) in [6, 6.07) is 12.5. The number of rotatable bonds is 5. The molecule has 0 fully saturated rings. The summed E-state index contributed by atoms with van der Waals surface area (Å²) < 4.78 is 3.80. The van der Waals surface area contributed by atoms with Gasteiger partial charge >= 0.3 is 0 Å². The number of nitrogens with one attached hydrogen (secondary N) is 1. The molecule has 0 aliphatic rings. The molecule has 0 saturated carbocycles. The van der Waals surface area contributed by atoms with Crippen molar-refractivity contribution in [2.75, 3.05) is 5.32 Å². The third-order valence-corrected chi connectivity index (χ3v) is 4.08. The van der Waals surface area contributed by atoms with Gasteiger partial charge in [-0.15, -0.1) is 0 Å². The zero-order valence-corrected chi connectivity index (χ0v) is 14.3. The zero-order valence-electron chi connectivity index (χ0n) is 14.3. The molecule has 0 aliphatic heterocycles. The monoisotopic (exact) mass is 332 g/mol. The Hall–Kier alpha value is -3.15. The van der Waals surface area contributed by atoms with Crippen LogP contribution in [0.3, 0.4) is 0 Å². The Balaban J connectivity index is 1.48. The molecule has 6 nitrogen and oxygen atoms in total. The highest BCUT2D eigenvalue weighted by Crippen LogP contribution is 2.18. The fourth-order valence-electron chi connectivity index (χ4n) is 2.80. The first-order valence-corrected chi connectivity index (χ1v) is 8.37. The summed E-state index contributed by atoms with van der Waals surface area (Å²) in [6.07, 6.45) is 7.59. The topological polar surface area (TPSA) is 60.6 Å². The van der Waals surface area contributed by atoms with Gasteiger partial charge in [0.2, 0.25) is 0 Å². The third kappa shape index (κ3) is 3.10. The van der Waals surface area contributed by atoms with E-state index in [9.17, 15) is 0 Å². The van der Waals surface area contributed by atoms with Gasteiger partial charge in [-0.2, -0.15) is 10.2 Å². The van der Waals surface area contributed by atoms with Gasteiger partial charge in [0, 0.05) is 24.2 Å². The highest BCUT2D eigenvalue weighted by Gasteiger charge is 2.08. The average molecular weight is 332 g/mol. The second kappa shape index (κ2) is 6.39. The zero-order chi connectivity index (χ0) is 17.2. The quantitative estimate of drug-likeness (QED) is 0.604. The minimum absolute atomic E-state index is 0.304. The second-order valence-corrected chi connectivity index (χ2v) is 6.30. The number of hydrogen-bond donors (Lipinski definition) is 1. The maximum Gasteiger partial charge on any atom is 0.157 e. The molecular formula is C19H20N6. The lowest BCUT2D eigenvalue weighted by atomic mass is 10.2. The van der Waals surface area contributed by atoms with Crippen molar-refractivity contribution in [1.82, 2.24) is 24.5 Å². The molecule has 4 aromatic rings. The van der Waals surface area contributed by atoms with Gasteiger partial charge in [0.1, 0.15) is 0 Å². The minimum Gasteiger partial charge on any atom is -0.378 e. The summed E-state index contributed by atoms with van der Waals surface area (Å²) in [5.74, 6) is 0. The van der Waals surface area contributed by atoms with E-state index in [1.54, 1.807) is 0 Å². The van der Waals surface area contributed by atoms with Crippen LogP contribution in [0.4, 0.5) is 5.69 Å². The van der Waals surface area contributed by atoms with E-state index in [0.29, 0.717) is 12.6 Å². The fourth-order valence-corrected chi connectivity index (χ4v) is 2.80. The van der Waals surface area contributed by atoms with E-state index in [1.165, 1.54) is 0 Å². The summed E-state index contributed by atoms with van der Waals surface area (Å²) in [4.78, 5) is 4.57. The minimum atomic E-state index is 0.304. The van der Waals surface area contributed by atoms with Crippen LogP contribution in [0, 0.1) is 0 Å². The van der Waals surface area contributed by atoms with Crippen molar-refractivity contribution in [2.45, 2.75) is 26.4 Å². The Morgan fingerprint density at radius 3 is 2.68 bits per heavy atom. The third-order valence-electron chi connectivity index (χ3n) is 4.08. The van der Waals surface area contributed by atoms with E-state index in [0.717, 1.165) is 28.0 Å². The lowest BCUT2D eigenvalue weighted by Crippen LogP contribution is -2.04. The second-order valence-electron chi connectivity index (χ2n) is 6.30. The molecule has 6 heteroatoms. The molecule has 1 N–H and O–H groups in total. The number of aromatic nitrogens is 5. The van der Waals surface area contributed by atoms with Gasteiger partial charge in [0.25, 0.3) is 0 Å². The first-order chi connectivity index (χ1) is 12.2. The van der Waals surface area contributed by atoms with Gasteiger partial charge in [-0.1, -0.05) is 18.2 Å². The standard InChI is InChI=1S/C19H20N6/c1-14(2)25-19-16(11-23-25)8-15(10-21-19)9-20-17-12-22-24(13-17)18-6-4-3-5-7-18/h3-8,10-14,20H,9H2,1-2H3. The van der Waals surface area contributed by atoms with Crippen LogP contribution >= 0.6 is 0 Å². The van der Waals surface area contributed by atoms with Crippen LogP contribution < -0.4 is 5.32 Å². The number of para-hydroxylation sites is 1. The van der Waals surface area contributed by atoms with Crippen molar-refractivity contribution < 1.29 is 0 Å². The molecule has 0 spiro atoms. The van der Waals surface area contributed by atoms with E-state index in [4.69, 9.17) is 0 Å². The summed E-state index contributed by atoms with van der Waals surface area (Å²) in [7, 11) is 0. The lowest BCUT2D eigenvalue weighted by Gasteiger charge is -2.07. The molecule has 0 unspecified atom stereocenters. The predicted octanol–water partition coefficient (Wildman–Crippen LogP) is 3.81. The summed E-state index contributed by atoms with van der Waals surface area (Å²) >= 11 is 0. The summed E-state index contributed by atoms with van der Waals surface area (Å²) in [6.45, 7) is 4.90. The molecule has 0 bridgehead atoms. The molecule has 1 aromatic carbocycles. The van der Waals surface area contributed by atoms with Crippen molar-refractivity contribution in [2.24, 2.45) is 0 Å². The maximum atomic E-state index is 4.57. The smallest absolute Gasteiger partial charge is 0.157 e. The van der Waals surface area contributed by atoms with Crippen LogP contribution in [-0.2, 0) is 6.54 Å². The number of hydrogen-bond acceptors (Lipinski definition) is 4. The highest BCUT2D eigenvalue weighted by molar-refractivity contribution is 5.75. The molecular weight excluding hydrogens is 312 g/mol. The van der Waals surface area contributed by atoms with Crippen LogP contribution in [0.1, 0.15) is 25.5 Å². The SMILES string of the molecule is CC(C)n1ncc2cc(CNc3cnn(-c4ccccc4)c3)cnc21. The molecule has 0 amide bonds. The number of benzene rings is 1. The molecule has 25 heavy (non-hydrogen) atoms. The van der Waals surface area contributed by atoms with E-state index < -0.39 is 0 Å². The molecule has 3 heterocycles. The van der Waals surface area contributed by atoms with Crippen molar-refractivity contribution in [3.05, 3.63) is 66.7 Å². The van der Waals surface area contributed by atoms with E-state index in [-0.39, 0.29) is 0 Å². The highest BCUT2D eigenvalue weighted by atomic mass is 15.3. The normalized spacial score (nSPS) is 11.3. The molecule has 3 aromatic heterocycles. The molecule has 0 radical (unpaired) electrons. The van der Waals surface area contributed by atoms with Gasteiger partial charge in [-0.3, -0.25) is 0 Å².